The Morgan fingerprint density at radius 1 is 0.842 bits per heavy atom. The summed E-state index contributed by atoms with van der Waals surface area (Å²) >= 11 is 1.38. The monoisotopic (exact) mass is 822 g/mol. The molecule has 1 aliphatic heterocycles. The summed E-state index contributed by atoms with van der Waals surface area (Å²) in [5.74, 6) is -7.13. The largest absolute Gasteiger partial charge is 0.481 e. The minimum absolute atomic E-state index is 0.0133. The van der Waals surface area contributed by atoms with Crippen molar-refractivity contribution in [2.24, 2.45) is 22.2 Å². The molecule has 1 aromatic rings. The van der Waals surface area contributed by atoms with Crippen LogP contribution >= 0.6 is 11.8 Å². The second kappa shape index (κ2) is 24.9. The molecular formula is C35H54N10O11S. The fourth-order valence-electron chi connectivity index (χ4n) is 5.89. The number of carboxylic acids is 2. The highest BCUT2D eigenvalue weighted by molar-refractivity contribution is 7.98. The van der Waals surface area contributed by atoms with E-state index in [1.807, 2.05) is 0 Å². The van der Waals surface area contributed by atoms with E-state index in [0.717, 1.165) is 0 Å². The molecule has 21 nitrogen and oxygen atoms in total. The highest BCUT2D eigenvalue weighted by Crippen LogP contribution is 2.21. The molecule has 0 saturated carbocycles. The first-order valence-electron chi connectivity index (χ1n) is 18.3. The van der Waals surface area contributed by atoms with Gasteiger partial charge in [-0.05, 0) is 56.1 Å². The van der Waals surface area contributed by atoms with Crippen LogP contribution in [0.2, 0.25) is 0 Å². The molecule has 1 aromatic carbocycles. The third-order valence-corrected chi connectivity index (χ3v) is 9.48. The van der Waals surface area contributed by atoms with Crippen molar-refractivity contribution in [3.63, 3.8) is 0 Å². The maximum Gasteiger partial charge on any atom is 0.326 e. The van der Waals surface area contributed by atoms with E-state index in [0.29, 0.717) is 17.7 Å². The Bertz CT molecular complexity index is 1580. The first kappa shape index (κ1) is 47.7. The van der Waals surface area contributed by atoms with Crippen molar-refractivity contribution < 1.29 is 53.7 Å². The molecule has 22 heteroatoms. The summed E-state index contributed by atoms with van der Waals surface area (Å²) in [5.41, 5.74) is 16.6. The van der Waals surface area contributed by atoms with Crippen molar-refractivity contribution in [1.82, 2.24) is 31.5 Å². The lowest BCUT2D eigenvalue weighted by molar-refractivity contribution is -0.143. The number of thioether (sulfide) groups is 1. The van der Waals surface area contributed by atoms with Gasteiger partial charge in [0.15, 0.2) is 5.96 Å². The van der Waals surface area contributed by atoms with Crippen molar-refractivity contribution in [2.75, 3.05) is 38.2 Å². The summed E-state index contributed by atoms with van der Waals surface area (Å²) in [5, 5.41) is 41.1. The number of amides is 6. The van der Waals surface area contributed by atoms with E-state index >= 15 is 0 Å². The first-order chi connectivity index (χ1) is 27.1. The van der Waals surface area contributed by atoms with Crippen LogP contribution in [0, 0.1) is 0 Å². The predicted octanol–water partition coefficient (Wildman–Crippen LogP) is -3.65. The van der Waals surface area contributed by atoms with Gasteiger partial charge in [0.1, 0.15) is 36.3 Å². The molecule has 0 bridgehead atoms. The van der Waals surface area contributed by atoms with Crippen LogP contribution in [-0.4, -0.2) is 148 Å². The number of aliphatic hydroxyl groups is 1. The topological polar surface area (TPSA) is 351 Å². The molecule has 1 heterocycles. The highest BCUT2D eigenvalue weighted by Gasteiger charge is 2.40. The molecule has 1 fully saturated rings. The van der Waals surface area contributed by atoms with Crippen molar-refractivity contribution in [2.45, 2.75) is 87.6 Å². The van der Waals surface area contributed by atoms with Crippen molar-refractivity contribution in [1.29, 1.82) is 0 Å². The predicted molar refractivity (Wildman–Crippen MR) is 208 cm³/mol. The van der Waals surface area contributed by atoms with Gasteiger partial charge in [-0.1, -0.05) is 30.3 Å². The number of carbonyl (C=O) groups excluding carboxylic acids is 6. The third-order valence-electron chi connectivity index (χ3n) is 8.84. The zero-order chi connectivity index (χ0) is 42.5. The van der Waals surface area contributed by atoms with E-state index in [1.165, 1.54) is 16.7 Å². The average molecular weight is 823 g/mol. The molecule has 1 saturated heterocycles. The number of likely N-dealkylation sites (tertiary alicyclic amines) is 1. The lowest BCUT2D eigenvalue weighted by Gasteiger charge is -2.30. The van der Waals surface area contributed by atoms with Crippen molar-refractivity contribution in [3.8, 4) is 0 Å². The maximum absolute atomic E-state index is 13.9. The van der Waals surface area contributed by atoms with E-state index in [4.69, 9.17) is 17.2 Å². The van der Waals surface area contributed by atoms with E-state index in [-0.39, 0.29) is 57.6 Å². The van der Waals surface area contributed by atoms with Crippen LogP contribution in [0.3, 0.4) is 0 Å². The van der Waals surface area contributed by atoms with Gasteiger partial charge in [0.2, 0.25) is 35.4 Å². The van der Waals surface area contributed by atoms with E-state index in [9.17, 15) is 53.7 Å². The van der Waals surface area contributed by atoms with E-state index < -0.39 is 103 Å². The second-order valence-electron chi connectivity index (χ2n) is 13.1. The van der Waals surface area contributed by atoms with Gasteiger partial charge in [-0.3, -0.25) is 38.6 Å². The van der Waals surface area contributed by atoms with Crippen molar-refractivity contribution >= 4 is 65.1 Å². The summed E-state index contributed by atoms with van der Waals surface area (Å²) in [7, 11) is 0. The number of rotatable bonds is 25. The van der Waals surface area contributed by atoms with Gasteiger partial charge >= 0.3 is 11.9 Å². The molecule has 0 radical (unpaired) electrons. The average Bonchev–Trinajstić information content (AvgIpc) is 3.68. The van der Waals surface area contributed by atoms with Crippen LogP contribution in [0.4, 0.5) is 0 Å². The van der Waals surface area contributed by atoms with Crippen LogP contribution < -0.4 is 43.8 Å². The number of hydrogen-bond donors (Lipinski definition) is 11. The zero-order valence-electron chi connectivity index (χ0n) is 31.7. The molecule has 0 spiro atoms. The number of aliphatic carboxylic acids is 2. The lowest BCUT2D eigenvalue weighted by atomic mass is 10.0. The second-order valence-corrected chi connectivity index (χ2v) is 14.1. The SMILES string of the molecule is CSCC[C@H](NC(=O)[C@@H]1CCCN1C(=O)[C@H](CCC(=O)O)NC(=O)[C@H](CO)NC(=O)CN)C(=O)N[C@@H](Cc1ccccc1)C(=O)N[C@@H](CCCN=C(N)N)C(=O)O. The molecule has 2 rings (SSSR count). The molecule has 1 aliphatic rings. The Hall–Kier alpha value is -5.48. The Labute approximate surface area is 333 Å². The Balaban J connectivity index is 2.30. The lowest BCUT2D eigenvalue weighted by Crippen LogP contribution is -2.59. The summed E-state index contributed by atoms with van der Waals surface area (Å²) in [6, 6.07) is 0.782. The van der Waals surface area contributed by atoms with Gasteiger partial charge < -0.3 is 64.0 Å². The Kier molecular flexibility index (Phi) is 20.8. The number of benzene rings is 1. The van der Waals surface area contributed by atoms with E-state index in [2.05, 4.69) is 31.6 Å². The molecule has 0 aliphatic carbocycles. The highest BCUT2D eigenvalue weighted by atomic mass is 32.2. The van der Waals surface area contributed by atoms with Gasteiger partial charge in [0.05, 0.1) is 13.2 Å². The standard InChI is InChI=1S/C35H54N10O11S/c1-57-16-13-21(29(50)44-24(17-20-7-3-2-4-8-20)30(51)43-23(34(55)56)9-5-14-39-35(37)38)41-32(53)26-10-6-15-45(26)33(54)22(11-12-28(48)49)42-31(52)25(19-46)40-27(47)18-36/h2-4,7-8,21-26,46H,5-6,9-19,36H2,1H3,(H,40,47)(H,41,53)(H,42,52)(H,43,51)(H,44,50)(H,48,49)(H,55,56)(H4,37,38,39)/t21-,22-,23-,24-,25-,26-/m0/s1. The van der Waals surface area contributed by atoms with Crippen LogP contribution in [0.25, 0.3) is 0 Å². The maximum atomic E-state index is 13.9. The van der Waals surface area contributed by atoms with Gasteiger partial charge in [0, 0.05) is 25.9 Å². The first-order valence-corrected chi connectivity index (χ1v) is 19.7. The molecule has 6 atom stereocenters. The number of nitrogens with two attached hydrogens (primary N) is 3. The minimum Gasteiger partial charge on any atom is -0.481 e. The zero-order valence-corrected chi connectivity index (χ0v) is 32.5. The summed E-state index contributed by atoms with van der Waals surface area (Å²) in [6.45, 7) is -1.15. The van der Waals surface area contributed by atoms with Gasteiger partial charge in [-0.15, -0.1) is 0 Å². The molecule has 0 unspecified atom stereocenters. The van der Waals surface area contributed by atoms with Crippen LogP contribution in [-0.2, 0) is 44.8 Å². The van der Waals surface area contributed by atoms with Gasteiger partial charge in [-0.25, -0.2) is 4.79 Å². The fraction of sp³-hybridized carbons (Fsp3) is 0.571. The molecule has 14 N–H and O–H groups in total. The fourth-order valence-corrected chi connectivity index (χ4v) is 6.36. The third kappa shape index (κ3) is 16.6. The van der Waals surface area contributed by atoms with Crippen molar-refractivity contribution in [3.05, 3.63) is 35.9 Å². The number of aliphatic hydroxyl groups excluding tert-OH is 1. The number of nitrogens with one attached hydrogen (secondary N) is 5. The van der Waals surface area contributed by atoms with Gasteiger partial charge in [0.25, 0.3) is 0 Å². The summed E-state index contributed by atoms with van der Waals surface area (Å²) in [6.07, 6.45) is 1.69. The molecular weight excluding hydrogens is 769 g/mol. The summed E-state index contributed by atoms with van der Waals surface area (Å²) < 4.78 is 0. The number of hydrogen-bond acceptors (Lipinski definition) is 12. The number of aliphatic imine (C=N–C) groups is 1. The number of carbonyl (C=O) groups is 8. The number of carboxylic acid groups (broad SMARTS) is 2. The molecule has 316 valence electrons. The van der Waals surface area contributed by atoms with Gasteiger partial charge in [-0.2, -0.15) is 11.8 Å². The quantitative estimate of drug-likeness (QED) is 0.0257. The molecule has 0 aromatic heterocycles. The minimum atomic E-state index is -1.49. The molecule has 6 amide bonds. The Morgan fingerprint density at radius 3 is 2.07 bits per heavy atom. The van der Waals surface area contributed by atoms with E-state index in [1.54, 1.807) is 36.6 Å². The number of nitrogens with zero attached hydrogens (tertiary/aromatic N) is 2. The summed E-state index contributed by atoms with van der Waals surface area (Å²) in [4.78, 5) is 108. The Morgan fingerprint density at radius 2 is 1.47 bits per heavy atom. The number of guanidine groups is 1. The molecule has 57 heavy (non-hydrogen) atoms. The van der Waals surface area contributed by atoms with Crippen LogP contribution in [0.15, 0.2) is 35.3 Å². The normalized spacial score (nSPS) is 16.1. The van der Waals surface area contributed by atoms with Crippen LogP contribution in [0.1, 0.15) is 50.5 Å². The smallest absolute Gasteiger partial charge is 0.326 e. The van der Waals surface area contributed by atoms with Crippen LogP contribution in [0.5, 0.6) is 0 Å².